The van der Waals surface area contributed by atoms with Crippen LogP contribution in [-0.4, -0.2) is 19.8 Å². The fourth-order valence-corrected chi connectivity index (χ4v) is 4.67. The van der Waals surface area contributed by atoms with Gasteiger partial charge in [0, 0.05) is 23.9 Å². The third kappa shape index (κ3) is 3.76. The molecule has 1 aromatic carbocycles. The zero-order chi connectivity index (χ0) is 22.6. The Morgan fingerprint density at radius 3 is 2.10 bits per heavy atom. The van der Waals surface area contributed by atoms with Gasteiger partial charge in [0.2, 0.25) is 0 Å². The number of aromatic hydroxyl groups is 2. The van der Waals surface area contributed by atoms with Crippen LogP contribution in [0.15, 0.2) is 49.2 Å². The fourth-order valence-electron chi connectivity index (χ4n) is 4.67. The fraction of sp³-hybridized carbons (Fsp3) is 0.370. The van der Waals surface area contributed by atoms with Crippen molar-refractivity contribution in [1.29, 1.82) is 0 Å². The van der Waals surface area contributed by atoms with Crippen molar-refractivity contribution >= 4 is 5.57 Å². The maximum atomic E-state index is 9.86. The Kier molecular flexibility index (Phi) is 5.00. The summed E-state index contributed by atoms with van der Waals surface area (Å²) < 4.78 is 1.43. The van der Waals surface area contributed by atoms with Gasteiger partial charge in [-0.3, -0.25) is 9.55 Å². The van der Waals surface area contributed by atoms with E-state index in [9.17, 15) is 10.2 Å². The minimum Gasteiger partial charge on any atom is -0.494 e. The number of fused-ring (bicyclic) bond motifs is 1. The van der Waals surface area contributed by atoms with Gasteiger partial charge in [0.15, 0.2) is 11.8 Å². The summed E-state index contributed by atoms with van der Waals surface area (Å²) >= 11 is 0. The standard InChI is InChI=1S/C27H32N2O2/c1-17-13-21-22(27(5,6)12-11-26(21,3)4)14-20(17)18(2)23-8-7-19(15-28-23)16-29-24(30)9-10-25(29)31/h7-10,13-15,30-31H,2,11-12,16H2,1,3-6H3. The Balaban J connectivity index is 1.66. The number of rotatable bonds is 4. The summed E-state index contributed by atoms with van der Waals surface area (Å²) in [6.45, 7) is 16.2. The van der Waals surface area contributed by atoms with E-state index >= 15 is 0 Å². The molecule has 0 radical (unpaired) electrons. The summed E-state index contributed by atoms with van der Waals surface area (Å²) in [5.41, 5.74) is 8.21. The van der Waals surface area contributed by atoms with Gasteiger partial charge in [-0.2, -0.15) is 0 Å². The van der Waals surface area contributed by atoms with Gasteiger partial charge in [0.05, 0.1) is 12.2 Å². The van der Waals surface area contributed by atoms with Gasteiger partial charge in [-0.25, -0.2) is 0 Å². The SMILES string of the molecule is C=C(c1ccc(Cn2c(O)ccc2O)cn1)c1cc2c(cc1C)C(C)(C)CCC2(C)C. The average molecular weight is 417 g/mol. The minimum atomic E-state index is 0.0289. The second-order valence-electron chi connectivity index (χ2n) is 10.1. The molecule has 4 nitrogen and oxygen atoms in total. The molecule has 0 saturated carbocycles. The molecule has 0 bridgehead atoms. The first-order valence-electron chi connectivity index (χ1n) is 10.9. The molecule has 0 saturated heterocycles. The molecule has 0 aliphatic heterocycles. The van der Waals surface area contributed by atoms with Crippen LogP contribution in [0.2, 0.25) is 0 Å². The summed E-state index contributed by atoms with van der Waals surface area (Å²) in [5.74, 6) is 0.0578. The number of pyridine rings is 1. The number of nitrogens with zero attached hydrogens (tertiary/aromatic N) is 2. The molecule has 1 aliphatic carbocycles. The predicted molar refractivity (Wildman–Crippen MR) is 126 cm³/mol. The third-order valence-corrected chi connectivity index (χ3v) is 6.93. The first kappa shape index (κ1) is 21.2. The zero-order valence-corrected chi connectivity index (χ0v) is 19.2. The maximum Gasteiger partial charge on any atom is 0.194 e. The largest absolute Gasteiger partial charge is 0.494 e. The van der Waals surface area contributed by atoms with Crippen molar-refractivity contribution in [2.24, 2.45) is 0 Å². The highest BCUT2D eigenvalue weighted by Gasteiger charge is 2.37. The molecular weight excluding hydrogens is 384 g/mol. The number of benzene rings is 1. The highest BCUT2D eigenvalue weighted by molar-refractivity contribution is 5.79. The van der Waals surface area contributed by atoms with Crippen LogP contribution >= 0.6 is 0 Å². The Morgan fingerprint density at radius 1 is 0.968 bits per heavy atom. The van der Waals surface area contributed by atoms with E-state index in [0.717, 1.165) is 22.4 Å². The second-order valence-corrected chi connectivity index (χ2v) is 10.1. The van der Waals surface area contributed by atoms with E-state index in [0.29, 0.717) is 6.54 Å². The van der Waals surface area contributed by atoms with Crippen LogP contribution in [0.3, 0.4) is 0 Å². The maximum absolute atomic E-state index is 9.86. The molecule has 162 valence electrons. The molecule has 4 rings (SSSR count). The predicted octanol–water partition coefficient (Wildman–Crippen LogP) is 6.06. The molecule has 2 aromatic heterocycles. The van der Waals surface area contributed by atoms with Crippen molar-refractivity contribution in [3.8, 4) is 11.8 Å². The zero-order valence-electron chi connectivity index (χ0n) is 19.2. The van der Waals surface area contributed by atoms with E-state index < -0.39 is 0 Å². The summed E-state index contributed by atoms with van der Waals surface area (Å²) in [7, 11) is 0. The molecule has 0 atom stereocenters. The van der Waals surface area contributed by atoms with Gasteiger partial charge < -0.3 is 10.2 Å². The topological polar surface area (TPSA) is 58.3 Å². The molecule has 0 spiro atoms. The molecule has 1 aliphatic rings. The smallest absolute Gasteiger partial charge is 0.194 e. The Bertz CT molecular complexity index is 1130. The normalized spacial score (nSPS) is 16.7. The van der Waals surface area contributed by atoms with E-state index in [-0.39, 0.29) is 22.6 Å². The lowest BCUT2D eigenvalue weighted by atomic mass is 9.62. The van der Waals surface area contributed by atoms with Crippen molar-refractivity contribution in [2.45, 2.75) is 64.8 Å². The summed E-state index contributed by atoms with van der Waals surface area (Å²) in [4.78, 5) is 4.64. The highest BCUT2D eigenvalue weighted by Crippen LogP contribution is 2.47. The van der Waals surface area contributed by atoms with Crippen molar-refractivity contribution < 1.29 is 10.2 Å². The van der Waals surface area contributed by atoms with E-state index in [4.69, 9.17) is 0 Å². The quantitative estimate of drug-likeness (QED) is 0.543. The molecular formula is C27H32N2O2. The molecule has 0 unspecified atom stereocenters. The minimum absolute atomic E-state index is 0.0289. The number of aryl methyl sites for hydroxylation is 1. The van der Waals surface area contributed by atoms with Crippen molar-refractivity contribution in [1.82, 2.24) is 9.55 Å². The second kappa shape index (κ2) is 7.30. The van der Waals surface area contributed by atoms with Gasteiger partial charge in [-0.1, -0.05) is 46.4 Å². The van der Waals surface area contributed by atoms with Crippen molar-refractivity contribution in [3.63, 3.8) is 0 Å². The lowest BCUT2D eigenvalue weighted by molar-refractivity contribution is 0.331. The molecule has 4 heteroatoms. The van der Waals surface area contributed by atoms with Crippen LogP contribution in [0.25, 0.3) is 5.57 Å². The van der Waals surface area contributed by atoms with E-state index in [1.807, 2.05) is 12.1 Å². The Hall–Kier alpha value is -3.01. The van der Waals surface area contributed by atoms with E-state index in [1.54, 1.807) is 6.20 Å². The Labute approximate surface area is 184 Å². The highest BCUT2D eigenvalue weighted by atomic mass is 16.3. The molecule has 3 aromatic rings. The lowest BCUT2D eigenvalue weighted by Crippen LogP contribution is -2.34. The van der Waals surface area contributed by atoms with Gasteiger partial charge >= 0.3 is 0 Å². The molecule has 0 amide bonds. The van der Waals surface area contributed by atoms with E-state index in [1.165, 1.54) is 46.2 Å². The van der Waals surface area contributed by atoms with Crippen molar-refractivity contribution in [3.05, 3.63) is 82.7 Å². The van der Waals surface area contributed by atoms with Crippen LogP contribution < -0.4 is 0 Å². The number of aromatic nitrogens is 2. The van der Waals surface area contributed by atoms with Crippen molar-refractivity contribution in [2.75, 3.05) is 0 Å². The molecule has 0 fully saturated rings. The van der Waals surface area contributed by atoms with Gasteiger partial charge in [-0.15, -0.1) is 0 Å². The number of hydrogen-bond acceptors (Lipinski definition) is 3. The monoisotopic (exact) mass is 416 g/mol. The Morgan fingerprint density at radius 2 is 1.55 bits per heavy atom. The van der Waals surface area contributed by atoms with Gasteiger partial charge in [0.25, 0.3) is 0 Å². The number of hydrogen-bond donors (Lipinski definition) is 2. The molecule has 2 heterocycles. The van der Waals surface area contributed by atoms with Gasteiger partial charge in [-0.05, 0) is 70.5 Å². The summed E-state index contributed by atoms with van der Waals surface area (Å²) in [5, 5.41) is 19.7. The third-order valence-electron chi connectivity index (χ3n) is 6.93. The first-order chi connectivity index (χ1) is 14.5. The van der Waals surface area contributed by atoms with Gasteiger partial charge in [0.1, 0.15) is 0 Å². The van der Waals surface area contributed by atoms with Crippen LogP contribution in [0.5, 0.6) is 11.8 Å². The van der Waals surface area contributed by atoms with Crippen LogP contribution in [-0.2, 0) is 17.4 Å². The lowest BCUT2D eigenvalue weighted by Gasteiger charge is -2.42. The van der Waals surface area contributed by atoms with Crippen LogP contribution in [0.4, 0.5) is 0 Å². The average Bonchev–Trinajstić information content (AvgIpc) is 3.03. The summed E-state index contributed by atoms with van der Waals surface area (Å²) in [6, 6.07) is 11.6. The molecule has 31 heavy (non-hydrogen) atoms. The molecule has 2 N–H and O–H groups in total. The van der Waals surface area contributed by atoms with E-state index in [2.05, 4.69) is 58.3 Å². The van der Waals surface area contributed by atoms with Crippen LogP contribution in [0, 0.1) is 6.92 Å². The van der Waals surface area contributed by atoms with Crippen LogP contribution in [0.1, 0.15) is 74.0 Å². The summed E-state index contributed by atoms with van der Waals surface area (Å²) in [6.07, 6.45) is 4.15. The first-order valence-corrected chi connectivity index (χ1v) is 10.9.